The first-order valence-corrected chi connectivity index (χ1v) is 6.98. The van der Waals surface area contributed by atoms with Crippen LogP contribution < -0.4 is 10.9 Å². The topological polar surface area (TPSA) is 95.1 Å². The van der Waals surface area contributed by atoms with Crippen LogP contribution in [-0.2, 0) is 11.2 Å². The fourth-order valence-corrected chi connectivity index (χ4v) is 2.06. The summed E-state index contributed by atoms with van der Waals surface area (Å²) in [7, 11) is 0. The van der Waals surface area contributed by atoms with E-state index in [-0.39, 0.29) is 24.1 Å². The lowest BCUT2D eigenvalue weighted by atomic mass is 10.2. The minimum Gasteiger partial charge on any atom is -0.394 e. The molecule has 1 unspecified atom stereocenters. The molecule has 0 aliphatic heterocycles. The first-order chi connectivity index (χ1) is 10.1. The highest BCUT2D eigenvalue weighted by atomic mass is 16.3. The van der Waals surface area contributed by atoms with E-state index in [1.54, 1.807) is 25.1 Å². The smallest absolute Gasteiger partial charge is 0.258 e. The van der Waals surface area contributed by atoms with Gasteiger partial charge in [0.25, 0.3) is 5.56 Å². The molecule has 21 heavy (non-hydrogen) atoms. The number of para-hydroxylation sites is 1. The van der Waals surface area contributed by atoms with Gasteiger partial charge in [0.1, 0.15) is 5.82 Å². The van der Waals surface area contributed by atoms with E-state index >= 15 is 0 Å². The van der Waals surface area contributed by atoms with Gasteiger partial charge in [-0.05, 0) is 25.5 Å². The number of hydrogen-bond acceptors (Lipinski definition) is 4. The van der Waals surface area contributed by atoms with E-state index in [0.29, 0.717) is 36.0 Å². The molecule has 1 aromatic heterocycles. The predicted molar refractivity (Wildman–Crippen MR) is 80.0 cm³/mol. The zero-order valence-electron chi connectivity index (χ0n) is 11.9. The molecule has 6 heteroatoms. The molecule has 0 bridgehead atoms. The van der Waals surface area contributed by atoms with E-state index in [1.165, 1.54) is 0 Å². The molecule has 6 nitrogen and oxygen atoms in total. The van der Waals surface area contributed by atoms with Crippen molar-refractivity contribution in [1.29, 1.82) is 0 Å². The average molecular weight is 289 g/mol. The standard InChI is InChI=1S/C15H19N3O3/c1-10(9-19)16-14(20)8-4-7-13-17-12-6-3-2-5-11(12)15(21)18-13/h2-3,5-6,10,19H,4,7-9H2,1H3,(H,16,20)(H,17,18,21). The SMILES string of the molecule is CC(CO)NC(=O)CCCc1nc2ccccc2c(=O)[nH]1. The molecular weight excluding hydrogens is 270 g/mol. The number of aryl methyl sites for hydroxylation is 1. The summed E-state index contributed by atoms with van der Waals surface area (Å²) in [6.45, 7) is 1.66. The largest absolute Gasteiger partial charge is 0.394 e. The third-order valence-electron chi connectivity index (χ3n) is 3.16. The summed E-state index contributed by atoms with van der Waals surface area (Å²) in [4.78, 5) is 30.6. The molecule has 0 spiro atoms. The molecule has 0 fully saturated rings. The number of nitrogens with zero attached hydrogens (tertiary/aromatic N) is 1. The Bertz CT molecular complexity index is 681. The summed E-state index contributed by atoms with van der Waals surface area (Å²) in [6.07, 6.45) is 1.45. The molecule has 1 amide bonds. The minimum absolute atomic E-state index is 0.0781. The number of carbonyl (C=O) groups is 1. The molecule has 112 valence electrons. The van der Waals surface area contributed by atoms with Gasteiger partial charge in [-0.1, -0.05) is 12.1 Å². The average Bonchev–Trinajstić information content (AvgIpc) is 2.47. The highest BCUT2D eigenvalue weighted by Gasteiger charge is 2.07. The number of fused-ring (bicyclic) bond motifs is 1. The van der Waals surface area contributed by atoms with Crippen LogP contribution in [0.3, 0.4) is 0 Å². The fraction of sp³-hybridized carbons (Fsp3) is 0.400. The number of hydrogen-bond donors (Lipinski definition) is 3. The van der Waals surface area contributed by atoms with E-state index in [2.05, 4.69) is 15.3 Å². The fourth-order valence-electron chi connectivity index (χ4n) is 2.06. The maximum Gasteiger partial charge on any atom is 0.258 e. The molecule has 0 aliphatic rings. The number of aliphatic hydroxyl groups excluding tert-OH is 1. The van der Waals surface area contributed by atoms with Crippen LogP contribution >= 0.6 is 0 Å². The number of nitrogens with one attached hydrogen (secondary N) is 2. The molecule has 2 aromatic rings. The van der Waals surface area contributed by atoms with Crippen LogP contribution in [0.2, 0.25) is 0 Å². The van der Waals surface area contributed by atoms with Crippen molar-refractivity contribution < 1.29 is 9.90 Å². The number of rotatable bonds is 6. The molecule has 0 saturated heterocycles. The predicted octanol–water partition coefficient (Wildman–Crippen LogP) is 0.743. The number of carbonyl (C=O) groups excluding carboxylic acids is 1. The molecule has 1 heterocycles. The van der Waals surface area contributed by atoms with Crippen molar-refractivity contribution in [2.24, 2.45) is 0 Å². The normalized spacial score (nSPS) is 12.3. The molecule has 1 aromatic carbocycles. The van der Waals surface area contributed by atoms with E-state index in [1.807, 2.05) is 6.07 Å². The van der Waals surface area contributed by atoms with Gasteiger partial charge >= 0.3 is 0 Å². The van der Waals surface area contributed by atoms with Crippen LogP contribution in [0, 0.1) is 0 Å². The number of H-pyrrole nitrogens is 1. The van der Waals surface area contributed by atoms with E-state index in [9.17, 15) is 9.59 Å². The third-order valence-corrected chi connectivity index (χ3v) is 3.16. The summed E-state index contributed by atoms with van der Waals surface area (Å²) in [6, 6.07) is 6.92. The first kappa shape index (κ1) is 15.2. The van der Waals surface area contributed by atoms with Crippen LogP contribution in [0.25, 0.3) is 10.9 Å². The van der Waals surface area contributed by atoms with Crippen LogP contribution in [-0.4, -0.2) is 33.6 Å². The Morgan fingerprint density at radius 3 is 2.95 bits per heavy atom. The summed E-state index contributed by atoms with van der Waals surface area (Å²) in [5, 5.41) is 12.1. The monoisotopic (exact) mass is 289 g/mol. The van der Waals surface area contributed by atoms with Gasteiger partial charge in [-0.25, -0.2) is 4.98 Å². The summed E-state index contributed by atoms with van der Waals surface area (Å²) < 4.78 is 0. The summed E-state index contributed by atoms with van der Waals surface area (Å²) >= 11 is 0. The van der Waals surface area contributed by atoms with Gasteiger partial charge in [-0.2, -0.15) is 0 Å². The van der Waals surface area contributed by atoms with Gasteiger partial charge in [0.15, 0.2) is 0 Å². The lowest BCUT2D eigenvalue weighted by Crippen LogP contribution is -2.34. The Hall–Kier alpha value is -2.21. The second kappa shape index (κ2) is 6.99. The summed E-state index contributed by atoms with van der Waals surface area (Å²) in [5.74, 6) is 0.474. The Balaban J connectivity index is 1.95. The number of benzene rings is 1. The van der Waals surface area contributed by atoms with Gasteiger partial charge in [0, 0.05) is 18.9 Å². The molecule has 0 radical (unpaired) electrons. The van der Waals surface area contributed by atoms with Crippen LogP contribution in [0.15, 0.2) is 29.1 Å². The Morgan fingerprint density at radius 1 is 1.43 bits per heavy atom. The second-order valence-corrected chi connectivity index (χ2v) is 5.03. The van der Waals surface area contributed by atoms with E-state index in [4.69, 9.17) is 5.11 Å². The molecule has 0 aliphatic carbocycles. The van der Waals surface area contributed by atoms with Crippen molar-refractivity contribution in [3.8, 4) is 0 Å². The van der Waals surface area contributed by atoms with Gasteiger partial charge in [-0.3, -0.25) is 9.59 Å². The van der Waals surface area contributed by atoms with Crippen LogP contribution in [0.1, 0.15) is 25.6 Å². The van der Waals surface area contributed by atoms with Gasteiger partial charge in [0.2, 0.25) is 5.91 Å². The molecule has 0 saturated carbocycles. The number of aromatic nitrogens is 2. The maximum absolute atomic E-state index is 11.9. The van der Waals surface area contributed by atoms with Crippen molar-refractivity contribution in [2.45, 2.75) is 32.2 Å². The Labute approximate surface area is 122 Å². The van der Waals surface area contributed by atoms with Gasteiger partial charge in [0.05, 0.1) is 17.5 Å². The summed E-state index contributed by atoms with van der Waals surface area (Å²) in [5.41, 5.74) is 0.503. The van der Waals surface area contributed by atoms with Crippen LogP contribution in [0.4, 0.5) is 0 Å². The zero-order valence-corrected chi connectivity index (χ0v) is 11.9. The molecule has 1 atom stereocenters. The molecule has 2 rings (SSSR count). The Kier molecular flexibility index (Phi) is 5.05. The highest BCUT2D eigenvalue weighted by Crippen LogP contribution is 2.07. The van der Waals surface area contributed by atoms with Crippen molar-refractivity contribution in [3.05, 3.63) is 40.4 Å². The highest BCUT2D eigenvalue weighted by molar-refractivity contribution is 5.77. The van der Waals surface area contributed by atoms with Crippen molar-refractivity contribution in [1.82, 2.24) is 15.3 Å². The van der Waals surface area contributed by atoms with Gasteiger partial charge in [-0.15, -0.1) is 0 Å². The lowest BCUT2D eigenvalue weighted by molar-refractivity contribution is -0.122. The Morgan fingerprint density at radius 2 is 2.19 bits per heavy atom. The second-order valence-electron chi connectivity index (χ2n) is 5.03. The minimum atomic E-state index is -0.240. The molecular formula is C15H19N3O3. The first-order valence-electron chi connectivity index (χ1n) is 6.98. The zero-order chi connectivity index (χ0) is 15.2. The molecule has 3 N–H and O–H groups in total. The lowest BCUT2D eigenvalue weighted by Gasteiger charge is -2.10. The number of aromatic amines is 1. The van der Waals surface area contributed by atoms with Crippen molar-refractivity contribution >= 4 is 16.8 Å². The van der Waals surface area contributed by atoms with E-state index < -0.39 is 0 Å². The third kappa shape index (κ3) is 4.13. The van der Waals surface area contributed by atoms with Crippen molar-refractivity contribution in [2.75, 3.05) is 6.61 Å². The number of aliphatic hydroxyl groups is 1. The maximum atomic E-state index is 11.9. The van der Waals surface area contributed by atoms with Crippen molar-refractivity contribution in [3.63, 3.8) is 0 Å². The number of amides is 1. The van der Waals surface area contributed by atoms with Crippen LogP contribution in [0.5, 0.6) is 0 Å². The quantitative estimate of drug-likeness (QED) is 0.731. The van der Waals surface area contributed by atoms with Gasteiger partial charge < -0.3 is 15.4 Å². The van der Waals surface area contributed by atoms with E-state index in [0.717, 1.165) is 0 Å².